The van der Waals surface area contributed by atoms with Gasteiger partial charge in [-0.25, -0.2) is 4.79 Å². The Morgan fingerprint density at radius 2 is 2.00 bits per heavy atom. The topological polar surface area (TPSA) is 89.6 Å². The van der Waals surface area contributed by atoms with Crippen LogP contribution < -0.4 is 5.73 Å². The molecule has 0 aliphatic carbocycles. The van der Waals surface area contributed by atoms with Gasteiger partial charge in [0, 0.05) is 4.47 Å². The Labute approximate surface area is 108 Å². The lowest BCUT2D eigenvalue weighted by molar-refractivity contribution is -0.121. The highest BCUT2D eigenvalue weighted by atomic mass is 79.9. The van der Waals surface area contributed by atoms with E-state index in [1.165, 1.54) is 6.07 Å². The Morgan fingerprint density at radius 3 is 2.56 bits per heavy atom. The van der Waals surface area contributed by atoms with Crippen molar-refractivity contribution in [3.63, 3.8) is 0 Å². The van der Waals surface area contributed by atoms with Crippen LogP contribution in [0.3, 0.4) is 0 Å². The summed E-state index contributed by atoms with van der Waals surface area (Å²) in [6.07, 6.45) is 0. The minimum atomic E-state index is -0.821. The second-order valence-electron chi connectivity index (χ2n) is 2.83. The molecule has 0 saturated heterocycles. The maximum atomic E-state index is 11.4. The summed E-state index contributed by atoms with van der Waals surface area (Å²) in [5, 5.41) is 9.57. The molecule has 16 heavy (non-hydrogen) atoms. The van der Waals surface area contributed by atoms with Gasteiger partial charge in [0.05, 0.1) is 4.47 Å². The number of benzene rings is 1. The number of nitrogens with two attached hydrogens (primary N) is 1. The number of primary amides is 1. The highest BCUT2D eigenvalue weighted by Crippen LogP contribution is 2.31. The van der Waals surface area contributed by atoms with E-state index in [-0.39, 0.29) is 11.3 Å². The second-order valence-corrected chi connectivity index (χ2v) is 4.60. The molecule has 0 spiro atoms. The molecular weight excluding hydrogens is 346 g/mol. The zero-order valence-corrected chi connectivity index (χ0v) is 11.0. The summed E-state index contributed by atoms with van der Waals surface area (Å²) in [6.45, 7) is -0.525. The summed E-state index contributed by atoms with van der Waals surface area (Å²) in [5.41, 5.74) is 4.77. The normalized spacial score (nSPS) is 9.88. The number of carbonyl (C=O) groups is 2. The van der Waals surface area contributed by atoms with E-state index >= 15 is 0 Å². The number of phenolic OH excluding ortho intramolecular Hbond substituents is 1. The zero-order chi connectivity index (χ0) is 12.3. The summed E-state index contributed by atoms with van der Waals surface area (Å²) < 4.78 is 5.49. The molecule has 1 aromatic carbocycles. The molecule has 0 heterocycles. The molecule has 1 rings (SSSR count). The fourth-order valence-corrected chi connectivity index (χ4v) is 2.16. The van der Waals surface area contributed by atoms with E-state index in [2.05, 4.69) is 36.6 Å². The van der Waals surface area contributed by atoms with E-state index < -0.39 is 18.5 Å². The van der Waals surface area contributed by atoms with Crippen LogP contribution in [0.15, 0.2) is 21.1 Å². The minimum absolute atomic E-state index is 0.0532. The van der Waals surface area contributed by atoms with Gasteiger partial charge in [-0.05, 0) is 28.1 Å². The van der Waals surface area contributed by atoms with Crippen molar-refractivity contribution in [1.29, 1.82) is 0 Å². The van der Waals surface area contributed by atoms with Crippen LogP contribution in [-0.2, 0) is 9.53 Å². The summed E-state index contributed by atoms with van der Waals surface area (Å²) in [5.74, 6) is -1.84. The molecule has 0 unspecified atom stereocenters. The smallest absolute Gasteiger partial charge is 0.342 e. The predicted octanol–water partition coefficient (Wildman–Crippen LogP) is 1.56. The molecule has 0 bridgehead atoms. The van der Waals surface area contributed by atoms with Gasteiger partial charge in [0.25, 0.3) is 5.91 Å². The van der Waals surface area contributed by atoms with E-state index in [9.17, 15) is 14.7 Å². The van der Waals surface area contributed by atoms with Gasteiger partial charge in [0.2, 0.25) is 0 Å². The highest BCUT2D eigenvalue weighted by molar-refractivity contribution is 9.11. The summed E-state index contributed by atoms with van der Waals surface area (Å²) in [6, 6.07) is 2.95. The first-order valence-corrected chi connectivity index (χ1v) is 5.64. The third-order valence-corrected chi connectivity index (χ3v) is 2.66. The van der Waals surface area contributed by atoms with Crippen LogP contribution in [0.4, 0.5) is 0 Å². The van der Waals surface area contributed by atoms with E-state index in [4.69, 9.17) is 5.73 Å². The molecule has 0 aromatic heterocycles. The highest BCUT2D eigenvalue weighted by Gasteiger charge is 2.16. The Morgan fingerprint density at radius 1 is 1.38 bits per heavy atom. The van der Waals surface area contributed by atoms with Crippen molar-refractivity contribution < 1.29 is 19.4 Å². The van der Waals surface area contributed by atoms with Gasteiger partial charge in [0.1, 0.15) is 11.3 Å². The summed E-state index contributed by atoms with van der Waals surface area (Å²) in [4.78, 5) is 21.9. The molecule has 0 fully saturated rings. The van der Waals surface area contributed by atoms with Crippen molar-refractivity contribution in [3.8, 4) is 5.75 Å². The van der Waals surface area contributed by atoms with E-state index in [0.29, 0.717) is 8.95 Å². The van der Waals surface area contributed by atoms with Crippen LogP contribution in [-0.4, -0.2) is 23.6 Å². The zero-order valence-electron chi connectivity index (χ0n) is 7.87. The SMILES string of the molecule is NC(=O)COC(=O)c1cc(Br)cc(Br)c1O. The number of halogens is 2. The number of hydrogen-bond donors (Lipinski definition) is 2. The number of carbonyl (C=O) groups excluding carboxylic acids is 2. The molecule has 0 atom stereocenters. The average Bonchev–Trinajstić information content (AvgIpc) is 2.19. The number of ether oxygens (including phenoxy) is 1. The van der Waals surface area contributed by atoms with Gasteiger partial charge in [-0.1, -0.05) is 15.9 Å². The lowest BCUT2D eigenvalue weighted by Crippen LogP contribution is -2.21. The number of rotatable bonds is 3. The van der Waals surface area contributed by atoms with Crippen molar-refractivity contribution in [2.75, 3.05) is 6.61 Å². The fraction of sp³-hybridized carbons (Fsp3) is 0.111. The maximum Gasteiger partial charge on any atom is 0.342 e. The van der Waals surface area contributed by atoms with E-state index in [0.717, 1.165) is 0 Å². The van der Waals surface area contributed by atoms with Crippen molar-refractivity contribution in [1.82, 2.24) is 0 Å². The average molecular weight is 353 g/mol. The Kier molecular flexibility index (Phi) is 4.31. The Balaban J connectivity index is 2.95. The maximum absolute atomic E-state index is 11.4. The van der Waals surface area contributed by atoms with Crippen LogP contribution in [0.25, 0.3) is 0 Å². The number of hydrogen-bond acceptors (Lipinski definition) is 4. The lowest BCUT2D eigenvalue weighted by atomic mass is 10.2. The van der Waals surface area contributed by atoms with Crippen LogP contribution in [0, 0.1) is 0 Å². The van der Waals surface area contributed by atoms with Gasteiger partial charge in [-0.15, -0.1) is 0 Å². The molecule has 3 N–H and O–H groups in total. The van der Waals surface area contributed by atoms with Gasteiger partial charge in [0.15, 0.2) is 6.61 Å². The molecule has 1 amide bonds. The monoisotopic (exact) mass is 351 g/mol. The van der Waals surface area contributed by atoms with Gasteiger partial charge in [-0.2, -0.15) is 0 Å². The van der Waals surface area contributed by atoms with Crippen molar-refractivity contribution in [3.05, 3.63) is 26.6 Å². The van der Waals surface area contributed by atoms with Crippen LogP contribution in [0.1, 0.15) is 10.4 Å². The van der Waals surface area contributed by atoms with Crippen molar-refractivity contribution in [2.45, 2.75) is 0 Å². The molecular formula is C9H7Br2NO4. The third-order valence-electron chi connectivity index (χ3n) is 1.59. The number of aromatic hydroxyl groups is 1. The van der Waals surface area contributed by atoms with Crippen LogP contribution in [0.2, 0.25) is 0 Å². The van der Waals surface area contributed by atoms with Crippen LogP contribution >= 0.6 is 31.9 Å². The third kappa shape index (κ3) is 3.21. The molecule has 0 aliphatic heterocycles. The number of phenols is 1. The van der Waals surface area contributed by atoms with Gasteiger partial charge < -0.3 is 15.6 Å². The summed E-state index contributed by atoms with van der Waals surface area (Å²) >= 11 is 6.22. The van der Waals surface area contributed by atoms with Gasteiger partial charge in [-0.3, -0.25) is 4.79 Å². The van der Waals surface area contributed by atoms with Crippen molar-refractivity contribution in [2.24, 2.45) is 5.73 Å². The first-order valence-electron chi connectivity index (χ1n) is 4.05. The Hall–Kier alpha value is -1.08. The lowest BCUT2D eigenvalue weighted by Gasteiger charge is -2.06. The molecule has 0 radical (unpaired) electrons. The van der Waals surface area contributed by atoms with Gasteiger partial charge >= 0.3 is 5.97 Å². The predicted molar refractivity (Wildman–Crippen MR) is 63.0 cm³/mol. The molecule has 7 heteroatoms. The first-order chi connectivity index (χ1) is 7.41. The van der Waals surface area contributed by atoms with E-state index in [1.807, 2.05) is 0 Å². The van der Waals surface area contributed by atoms with Crippen LogP contribution in [0.5, 0.6) is 5.75 Å². The summed E-state index contributed by atoms with van der Waals surface area (Å²) in [7, 11) is 0. The Bertz CT molecular complexity index is 447. The number of esters is 1. The quantitative estimate of drug-likeness (QED) is 0.808. The van der Waals surface area contributed by atoms with Crippen molar-refractivity contribution >= 4 is 43.7 Å². The molecule has 1 aromatic rings. The first kappa shape index (κ1) is 13.0. The molecule has 0 aliphatic rings. The molecule has 86 valence electrons. The molecule has 0 saturated carbocycles. The standard InChI is InChI=1S/C9H7Br2NO4/c10-4-1-5(8(14)6(11)2-4)9(15)16-3-7(12)13/h1-2,14H,3H2,(H2,12,13). The fourth-order valence-electron chi connectivity index (χ4n) is 0.936. The van der Waals surface area contributed by atoms with E-state index in [1.54, 1.807) is 6.07 Å². The second kappa shape index (κ2) is 5.31. The molecule has 5 nitrogen and oxygen atoms in total. The minimum Gasteiger partial charge on any atom is -0.506 e. The largest absolute Gasteiger partial charge is 0.506 e. The number of amides is 1.